The molecule has 0 radical (unpaired) electrons. The van der Waals surface area contributed by atoms with E-state index < -0.39 is 5.91 Å². The van der Waals surface area contributed by atoms with E-state index in [2.05, 4.69) is 10.1 Å². The van der Waals surface area contributed by atoms with E-state index in [-0.39, 0.29) is 11.6 Å². The van der Waals surface area contributed by atoms with Gasteiger partial charge in [0.25, 0.3) is 5.91 Å². The van der Waals surface area contributed by atoms with E-state index >= 15 is 0 Å². The highest BCUT2D eigenvalue weighted by Crippen LogP contribution is 2.30. The molecule has 4 rings (SSSR count). The molecule has 5 nitrogen and oxygen atoms in total. The number of nitrogens with zero attached hydrogens (tertiary/aromatic N) is 3. The number of aromatic nitrogens is 1. The maximum absolute atomic E-state index is 13.6. The van der Waals surface area contributed by atoms with E-state index in [4.69, 9.17) is 0 Å². The Labute approximate surface area is 182 Å². The highest BCUT2D eigenvalue weighted by Gasteiger charge is 2.21. The first-order valence-electron chi connectivity index (χ1n) is 9.53. The van der Waals surface area contributed by atoms with E-state index in [1.807, 2.05) is 31.2 Å². The zero-order chi connectivity index (χ0) is 22.0. The van der Waals surface area contributed by atoms with Gasteiger partial charge in [0, 0.05) is 11.1 Å². The molecule has 0 aliphatic rings. The third-order valence-corrected chi connectivity index (χ3v) is 5.64. The molecule has 0 unspecified atom stereocenters. The number of anilines is 1. The lowest BCUT2D eigenvalue weighted by atomic mass is 10.1. The fourth-order valence-corrected chi connectivity index (χ4v) is 3.86. The van der Waals surface area contributed by atoms with Gasteiger partial charge in [-0.3, -0.25) is 9.59 Å². The van der Waals surface area contributed by atoms with Gasteiger partial charge in [-0.15, -0.1) is 0 Å². The van der Waals surface area contributed by atoms with Crippen molar-refractivity contribution in [2.75, 3.05) is 5.01 Å². The molecule has 1 heterocycles. The number of hydrazone groups is 1. The van der Waals surface area contributed by atoms with Gasteiger partial charge in [-0.25, -0.2) is 9.37 Å². The normalized spacial score (nSPS) is 11.2. The maximum atomic E-state index is 13.6. The zero-order valence-corrected chi connectivity index (χ0v) is 17.7. The topological polar surface area (TPSA) is 62.6 Å². The van der Waals surface area contributed by atoms with Crippen LogP contribution in [0.2, 0.25) is 0 Å². The van der Waals surface area contributed by atoms with Crippen LogP contribution in [0.1, 0.15) is 38.8 Å². The van der Waals surface area contributed by atoms with Gasteiger partial charge in [0.2, 0.25) is 5.13 Å². The summed E-state index contributed by atoms with van der Waals surface area (Å²) in [5.74, 6) is -0.858. The number of fused-ring (bicyclic) bond motifs is 1. The van der Waals surface area contributed by atoms with Crippen molar-refractivity contribution in [3.63, 3.8) is 0 Å². The van der Waals surface area contributed by atoms with Gasteiger partial charge < -0.3 is 0 Å². The second-order valence-electron chi connectivity index (χ2n) is 7.01. The molecule has 0 bridgehead atoms. The van der Waals surface area contributed by atoms with Crippen molar-refractivity contribution in [3.8, 4) is 0 Å². The number of aryl methyl sites for hydroxylation is 1. The molecule has 0 atom stereocenters. The molecule has 7 heteroatoms. The lowest BCUT2D eigenvalue weighted by molar-refractivity contribution is 0.0983. The summed E-state index contributed by atoms with van der Waals surface area (Å²) < 4.78 is 14.2. The van der Waals surface area contributed by atoms with Crippen LogP contribution in [0.15, 0.2) is 71.8 Å². The van der Waals surface area contributed by atoms with Crippen molar-refractivity contribution in [3.05, 3.63) is 94.8 Å². The fourth-order valence-electron chi connectivity index (χ4n) is 2.91. The first-order chi connectivity index (χ1) is 14.9. The zero-order valence-electron chi connectivity index (χ0n) is 16.9. The van der Waals surface area contributed by atoms with E-state index in [1.54, 1.807) is 36.5 Å². The van der Waals surface area contributed by atoms with E-state index in [0.29, 0.717) is 26.5 Å². The summed E-state index contributed by atoms with van der Waals surface area (Å²) in [7, 11) is 0. The number of amides is 1. The highest BCUT2D eigenvalue weighted by atomic mass is 32.1. The molecule has 1 amide bonds. The van der Waals surface area contributed by atoms with Gasteiger partial charge in [-0.1, -0.05) is 53.3 Å². The van der Waals surface area contributed by atoms with Crippen LogP contribution in [0.25, 0.3) is 10.2 Å². The number of ketones is 1. The predicted octanol–water partition coefficient (Wildman–Crippen LogP) is 5.63. The Kier molecular flexibility index (Phi) is 5.68. The second-order valence-corrected chi connectivity index (χ2v) is 8.02. The van der Waals surface area contributed by atoms with Crippen LogP contribution < -0.4 is 5.01 Å². The minimum absolute atomic E-state index is 0.0820. The number of hydrogen-bond donors (Lipinski definition) is 0. The van der Waals surface area contributed by atoms with Crippen molar-refractivity contribution >= 4 is 44.6 Å². The minimum Gasteiger partial charge on any atom is -0.295 e. The summed E-state index contributed by atoms with van der Waals surface area (Å²) in [4.78, 5) is 29.3. The molecular formula is C24H18FN3O2S. The summed E-state index contributed by atoms with van der Waals surface area (Å²) in [6, 6.07) is 18.4. The number of carbonyl (C=O) groups is 2. The number of benzene rings is 3. The fraction of sp³-hybridized carbons (Fsp3) is 0.0833. The maximum Gasteiger partial charge on any atom is 0.280 e. The van der Waals surface area contributed by atoms with E-state index in [0.717, 1.165) is 11.1 Å². The first-order valence-corrected chi connectivity index (χ1v) is 10.3. The van der Waals surface area contributed by atoms with Gasteiger partial charge in [0.15, 0.2) is 5.78 Å². The van der Waals surface area contributed by atoms with Gasteiger partial charge in [-0.05, 0) is 49.7 Å². The lowest BCUT2D eigenvalue weighted by Crippen LogP contribution is -2.25. The van der Waals surface area contributed by atoms with E-state index in [9.17, 15) is 14.0 Å². The van der Waals surface area contributed by atoms with Crippen LogP contribution in [0.4, 0.5) is 9.52 Å². The van der Waals surface area contributed by atoms with Crippen molar-refractivity contribution in [1.29, 1.82) is 0 Å². The molecule has 0 spiro atoms. The summed E-state index contributed by atoms with van der Waals surface area (Å²) in [5.41, 5.74) is 3.39. The largest absolute Gasteiger partial charge is 0.295 e. The Hall–Kier alpha value is -3.71. The van der Waals surface area contributed by atoms with E-state index in [1.165, 1.54) is 35.4 Å². The van der Waals surface area contributed by atoms with Crippen LogP contribution in [0, 0.1) is 12.7 Å². The van der Waals surface area contributed by atoms with Crippen LogP contribution >= 0.6 is 11.3 Å². The summed E-state index contributed by atoms with van der Waals surface area (Å²) in [6.07, 6.45) is 1.58. The Balaban J connectivity index is 1.74. The van der Waals surface area contributed by atoms with Crippen molar-refractivity contribution in [2.45, 2.75) is 13.8 Å². The first kappa shape index (κ1) is 20.6. The number of Topliss-reactive ketones (excluding diaryl/α,β-unsaturated/α-hetero) is 1. The molecule has 0 saturated heterocycles. The van der Waals surface area contributed by atoms with Gasteiger partial charge >= 0.3 is 0 Å². The van der Waals surface area contributed by atoms with Crippen LogP contribution in [-0.4, -0.2) is 22.9 Å². The number of rotatable bonds is 5. The molecule has 1 aromatic heterocycles. The number of carbonyl (C=O) groups excluding carboxylic acids is 2. The molecule has 0 fully saturated rings. The standard InChI is InChI=1S/C24H18FN3O2S/c1-15-3-5-17(6-4-15)14-26-28(23(30)19-9-7-18(8-10-19)16(2)29)24-27-21-12-11-20(25)13-22(21)31-24/h3-14H,1-2H3/b26-14+. The Morgan fingerprint density at radius 3 is 2.35 bits per heavy atom. The third-order valence-electron chi connectivity index (χ3n) is 4.65. The summed E-state index contributed by atoms with van der Waals surface area (Å²) in [5, 5.41) is 5.91. The van der Waals surface area contributed by atoms with Gasteiger partial charge in [0.05, 0.1) is 16.4 Å². The average Bonchev–Trinajstić information content (AvgIpc) is 3.17. The quantitative estimate of drug-likeness (QED) is 0.234. The van der Waals surface area contributed by atoms with Crippen LogP contribution in [-0.2, 0) is 0 Å². The van der Waals surface area contributed by atoms with Crippen LogP contribution in [0.3, 0.4) is 0 Å². The van der Waals surface area contributed by atoms with Crippen molar-refractivity contribution in [1.82, 2.24) is 4.98 Å². The molecule has 0 aliphatic carbocycles. The molecule has 31 heavy (non-hydrogen) atoms. The molecular weight excluding hydrogens is 413 g/mol. The monoisotopic (exact) mass is 431 g/mol. The number of thiazole rings is 1. The highest BCUT2D eigenvalue weighted by molar-refractivity contribution is 7.22. The van der Waals surface area contributed by atoms with Crippen LogP contribution in [0.5, 0.6) is 0 Å². The predicted molar refractivity (Wildman–Crippen MR) is 122 cm³/mol. The van der Waals surface area contributed by atoms with Crippen molar-refractivity contribution < 1.29 is 14.0 Å². The Bertz CT molecular complexity index is 1290. The Morgan fingerprint density at radius 2 is 1.68 bits per heavy atom. The third kappa shape index (κ3) is 4.57. The molecule has 0 aliphatic heterocycles. The number of hydrogen-bond acceptors (Lipinski definition) is 5. The Morgan fingerprint density at radius 1 is 1.00 bits per heavy atom. The summed E-state index contributed by atoms with van der Waals surface area (Å²) in [6.45, 7) is 3.46. The SMILES string of the molecule is CC(=O)c1ccc(C(=O)N(/N=C/c2ccc(C)cc2)c2nc3ccc(F)cc3s2)cc1. The smallest absolute Gasteiger partial charge is 0.280 e. The van der Waals surface area contributed by atoms with Gasteiger partial charge in [-0.2, -0.15) is 10.1 Å². The molecule has 3 aromatic carbocycles. The lowest BCUT2D eigenvalue weighted by Gasteiger charge is -2.14. The molecule has 0 saturated carbocycles. The molecule has 154 valence electrons. The second kappa shape index (κ2) is 8.57. The summed E-state index contributed by atoms with van der Waals surface area (Å²) >= 11 is 1.17. The molecule has 0 N–H and O–H groups in total. The van der Waals surface area contributed by atoms with Gasteiger partial charge in [0.1, 0.15) is 5.82 Å². The van der Waals surface area contributed by atoms with Crippen molar-refractivity contribution in [2.24, 2.45) is 5.10 Å². The molecule has 4 aromatic rings. The minimum atomic E-state index is -0.405. The number of halogens is 1. The average molecular weight is 431 g/mol.